The molecule has 4 saturated carbocycles. The van der Waals surface area contributed by atoms with Crippen molar-refractivity contribution in [1.82, 2.24) is 9.13 Å². The number of methoxy groups -OCH3 is 2. The Labute approximate surface area is 318 Å². The van der Waals surface area contributed by atoms with Crippen LogP contribution in [0.1, 0.15) is 71.3 Å². The van der Waals surface area contributed by atoms with Gasteiger partial charge in [0.25, 0.3) is 0 Å². The van der Waals surface area contributed by atoms with E-state index in [1.165, 1.54) is 24.5 Å². The van der Waals surface area contributed by atoms with E-state index < -0.39 is 99.9 Å². The van der Waals surface area contributed by atoms with Gasteiger partial charge in [-0.1, -0.05) is 0 Å². The second kappa shape index (κ2) is 13.4. The standard InChI is InChI=1S/C23H25F2N3O4.C14H9BF5NO4/c1-32-20-17-12(19(29)13(21(30)31)8-28(17)16-5-14(16)24)4-15(25)18(20)27-7-11-6-22(2-3-22)9-23(11,26)10-27;1-24-13-10(18)8(17)2-5-11(13)21(9-3-7(9)16)4-6(12(5)22)14(23)25-15(19)20/h4,8,11,14,16H,2-3,5-7,9-10,26H2,1H3,(H,30,31);2,4,7,9H,3H2,1H3/t11?,14-,16+,23+;7-,9+/m00/s1. The third-order valence-corrected chi connectivity index (χ3v) is 11.9. The number of ether oxygens (including phenoxy) is 2. The number of nitrogens with two attached hydrogens (primary N) is 1. The van der Waals surface area contributed by atoms with Crippen LogP contribution in [-0.4, -0.2) is 78.8 Å². The summed E-state index contributed by atoms with van der Waals surface area (Å²) in [6, 6.07) is 0.0751. The van der Waals surface area contributed by atoms with Crippen molar-refractivity contribution >= 4 is 46.9 Å². The van der Waals surface area contributed by atoms with Gasteiger partial charge in [-0.25, -0.2) is 35.8 Å². The van der Waals surface area contributed by atoms with E-state index in [1.54, 1.807) is 0 Å². The number of rotatable bonds is 8. The van der Waals surface area contributed by atoms with Gasteiger partial charge in [0.1, 0.15) is 29.2 Å². The van der Waals surface area contributed by atoms with E-state index in [0.29, 0.717) is 24.6 Å². The van der Waals surface area contributed by atoms with Gasteiger partial charge < -0.3 is 39.0 Å². The number of benzene rings is 2. The molecule has 12 nitrogen and oxygen atoms in total. The molecule has 1 spiro atoms. The zero-order valence-corrected chi connectivity index (χ0v) is 30.3. The summed E-state index contributed by atoms with van der Waals surface area (Å²) in [6.07, 6.45) is 4.00. The fourth-order valence-electron chi connectivity index (χ4n) is 8.88. The molecule has 0 bridgehead atoms. The molecule has 0 amide bonds. The number of aromatic nitrogens is 2. The normalized spacial score (nSPS) is 26.2. The van der Waals surface area contributed by atoms with Gasteiger partial charge in [-0.3, -0.25) is 9.59 Å². The Hall–Kier alpha value is -5.27. The Bertz CT molecular complexity index is 2510. The first-order chi connectivity index (χ1) is 26.9. The second-order valence-corrected chi connectivity index (χ2v) is 15.6. The Balaban J connectivity index is 0.000000165. The van der Waals surface area contributed by atoms with Crippen molar-refractivity contribution in [2.75, 3.05) is 32.2 Å². The average molecular weight is 806 g/mol. The minimum atomic E-state index is -3.48. The predicted molar refractivity (Wildman–Crippen MR) is 190 cm³/mol. The first-order valence-corrected chi connectivity index (χ1v) is 18.0. The quantitative estimate of drug-likeness (QED) is 0.173. The number of carboxylic acids is 1. The number of anilines is 1. The number of carboxylic acid groups (broad SMARTS) is 1. The monoisotopic (exact) mass is 806 g/mol. The molecule has 2 aromatic carbocycles. The molecule has 5 fully saturated rings. The molecule has 302 valence electrons. The molecule has 4 aromatic rings. The van der Waals surface area contributed by atoms with Crippen LogP contribution in [0.25, 0.3) is 21.8 Å². The van der Waals surface area contributed by atoms with Crippen LogP contribution in [0.5, 0.6) is 11.5 Å². The molecule has 2 aromatic heterocycles. The molecule has 1 aliphatic heterocycles. The number of halogens is 7. The molecule has 20 heteroatoms. The van der Waals surface area contributed by atoms with Gasteiger partial charge in [0, 0.05) is 43.9 Å². The van der Waals surface area contributed by atoms with Crippen LogP contribution >= 0.6 is 0 Å². The van der Waals surface area contributed by atoms with Crippen LogP contribution in [0.2, 0.25) is 0 Å². The Morgan fingerprint density at radius 3 is 1.89 bits per heavy atom. The van der Waals surface area contributed by atoms with E-state index >= 15 is 4.39 Å². The molecule has 4 aliphatic carbocycles. The van der Waals surface area contributed by atoms with Gasteiger partial charge >= 0.3 is 19.4 Å². The lowest BCUT2D eigenvalue weighted by Gasteiger charge is -2.28. The Morgan fingerprint density at radius 2 is 1.40 bits per heavy atom. The third kappa shape index (κ3) is 6.35. The highest BCUT2D eigenvalue weighted by molar-refractivity contribution is 6.38. The molecular formula is C37H34BF7N4O8. The maximum absolute atomic E-state index is 15.5. The molecule has 3 heterocycles. The van der Waals surface area contributed by atoms with Gasteiger partial charge in [-0.2, -0.15) is 4.39 Å². The van der Waals surface area contributed by atoms with E-state index in [-0.39, 0.29) is 46.6 Å². The van der Waals surface area contributed by atoms with Crippen LogP contribution in [0.4, 0.5) is 36.3 Å². The minimum Gasteiger partial charge on any atom is -0.492 e. The number of aromatic carboxylic acids is 1. The molecule has 57 heavy (non-hydrogen) atoms. The molecule has 6 atom stereocenters. The van der Waals surface area contributed by atoms with Crippen molar-refractivity contribution < 1.29 is 59.4 Å². The lowest BCUT2D eigenvalue weighted by atomic mass is 9.92. The first-order valence-electron chi connectivity index (χ1n) is 18.0. The Kier molecular flexibility index (Phi) is 9.08. The molecule has 3 N–H and O–H groups in total. The number of fused-ring (bicyclic) bond motifs is 3. The highest BCUT2D eigenvalue weighted by atomic mass is 19.2. The largest absolute Gasteiger partial charge is 0.798 e. The summed E-state index contributed by atoms with van der Waals surface area (Å²) >= 11 is 0. The fraction of sp³-hybridized carbons (Fsp3) is 0.459. The van der Waals surface area contributed by atoms with Crippen molar-refractivity contribution in [2.45, 2.75) is 68.5 Å². The Morgan fingerprint density at radius 1 is 0.877 bits per heavy atom. The van der Waals surface area contributed by atoms with Crippen LogP contribution in [-0.2, 0) is 4.65 Å². The van der Waals surface area contributed by atoms with Crippen molar-refractivity contribution in [3.8, 4) is 11.5 Å². The average Bonchev–Trinajstić information content (AvgIpc) is 4.10. The maximum Gasteiger partial charge on any atom is 0.798 e. The summed E-state index contributed by atoms with van der Waals surface area (Å²) < 4.78 is 112. The topological polar surface area (TPSA) is 155 Å². The van der Waals surface area contributed by atoms with Crippen molar-refractivity contribution in [3.05, 3.63) is 73.6 Å². The van der Waals surface area contributed by atoms with Gasteiger partial charge in [0.15, 0.2) is 23.1 Å². The highest BCUT2D eigenvalue weighted by Crippen LogP contribution is 2.64. The van der Waals surface area contributed by atoms with E-state index in [9.17, 15) is 50.5 Å². The smallest absolute Gasteiger partial charge is 0.492 e. The minimum absolute atomic E-state index is 0.0105. The molecule has 5 aliphatic rings. The summed E-state index contributed by atoms with van der Waals surface area (Å²) in [6.45, 7) is 1.06. The number of nitrogens with zero attached hydrogens (tertiary/aromatic N) is 3. The van der Waals surface area contributed by atoms with E-state index in [0.717, 1.165) is 43.0 Å². The lowest BCUT2D eigenvalue weighted by molar-refractivity contribution is 0.0682. The maximum atomic E-state index is 15.5. The van der Waals surface area contributed by atoms with Gasteiger partial charge in [-0.15, -0.1) is 0 Å². The predicted octanol–water partition coefficient (Wildman–Crippen LogP) is 5.49. The first kappa shape index (κ1) is 38.6. The number of hydrogen-bond acceptors (Lipinski definition) is 9. The summed E-state index contributed by atoms with van der Waals surface area (Å²) in [7, 11) is -1.08. The van der Waals surface area contributed by atoms with Crippen LogP contribution in [0.15, 0.2) is 34.1 Å². The van der Waals surface area contributed by atoms with E-state index in [1.807, 2.05) is 4.90 Å². The molecule has 9 rings (SSSR count). The second-order valence-electron chi connectivity index (χ2n) is 15.6. The zero-order chi connectivity index (χ0) is 41.0. The summed E-state index contributed by atoms with van der Waals surface area (Å²) in [5.74, 6) is -6.88. The summed E-state index contributed by atoms with van der Waals surface area (Å²) in [4.78, 5) is 50.4. The van der Waals surface area contributed by atoms with E-state index in [2.05, 4.69) is 4.65 Å². The molecule has 1 unspecified atom stereocenters. The van der Waals surface area contributed by atoms with Crippen molar-refractivity contribution in [3.63, 3.8) is 0 Å². The van der Waals surface area contributed by atoms with Crippen LogP contribution in [0, 0.1) is 28.8 Å². The number of carbonyl (C=O) groups is 2. The number of pyridine rings is 2. The highest BCUT2D eigenvalue weighted by Gasteiger charge is 2.61. The molecule has 0 radical (unpaired) electrons. The molecular weight excluding hydrogens is 772 g/mol. The zero-order valence-electron chi connectivity index (χ0n) is 30.3. The van der Waals surface area contributed by atoms with Crippen molar-refractivity contribution in [1.29, 1.82) is 0 Å². The van der Waals surface area contributed by atoms with Crippen LogP contribution < -0.4 is 31.0 Å². The SMILES string of the molecule is COc1c(F)c(F)cc2c(=O)c(C(=O)OB(F)F)cn([C@@H]3C[C@@H]3F)c12.COc1c(N2CC3CC4(CC4)C[C@@]3(N)C2)c(F)cc2c(=O)c(C(=O)O)cn([C@@H]3C[C@@H]3F)c12. The van der Waals surface area contributed by atoms with Crippen LogP contribution in [0.3, 0.4) is 0 Å². The van der Waals surface area contributed by atoms with Gasteiger partial charge in [-0.05, 0) is 49.1 Å². The lowest BCUT2D eigenvalue weighted by Crippen LogP contribution is -2.44. The summed E-state index contributed by atoms with van der Waals surface area (Å²) in [5, 5.41) is 8.81. The van der Waals surface area contributed by atoms with Gasteiger partial charge in [0.2, 0.25) is 16.7 Å². The molecule has 1 saturated heterocycles. The number of alkyl halides is 2. The number of hydrogen-bond donors (Lipinski definition) is 2. The number of carbonyl (C=O) groups excluding carboxylic acids is 1. The van der Waals surface area contributed by atoms with Crippen molar-refractivity contribution in [2.24, 2.45) is 17.1 Å². The van der Waals surface area contributed by atoms with E-state index in [4.69, 9.17) is 15.2 Å². The summed E-state index contributed by atoms with van der Waals surface area (Å²) in [5.41, 5.74) is 3.57. The van der Waals surface area contributed by atoms with Gasteiger partial charge in [0.05, 0.1) is 48.1 Å². The fourth-order valence-corrected chi connectivity index (χ4v) is 8.88. The third-order valence-electron chi connectivity index (χ3n) is 11.9.